The van der Waals surface area contributed by atoms with Crippen LogP contribution in [0.15, 0.2) is 41.3 Å². The summed E-state index contributed by atoms with van der Waals surface area (Å²) in [5.74, 6) is -2.04. The first kappa shape index (κ1) is 29.8. The maximum absolute atomic E-state index is 15.7. The number of nitrogens with zero attached hydrogens (tertiary/aromatic N) is 1. The number of benzene rings is 2. The van der Waals surface area contributed by atoms with Crippen LogP contribution >= 0.6 is 34.5 Å². The van der Waals surface area contributed by atoms with Crippen molar-refractivity contribution in [2.45, 2.75) is 47.1 Å². The minimum Gasteiger partial charge on any atom is -0.478 e. The Balaban J connectivity index is 1.86. The van der Waals surface area contributed by atoms with E-state index in [-0.39, 0.29) is 31.7 Å². The van der Waals surface area contributed by atoms with Gasteiger partial charge < -0.3 is 9.84 Å². The summed E-state index contributed by atoms with van der Waals surface area (Å²) in [6.07, 6.45) is 1.72. The van der Waals surface area contributed by atoms with Gasteiger partial charge in [0.25, 0.3) is 5.91 Å². The fourth-order valence-electron chi connectivity index (χ4n) is 3.75. The highest BCUT2D eigenvalue weighted by Crippen LogP contribution is 2.40. The molecule has 0 aliphatic rings. The number of carbonyl (C=O) groups excluding carboxylic acids is 1. The largest absolute Gasteiger partial charge is 0.478 e. The highest BCUT2D eigenvalue weighted by molar-refractivity contribution is 7.14. The number of hydrogen-bond acceptors (Lipinski definition) is 5. The Kier molecular flexibility index (Phi) is 9.70. The summed E-state index contributed by atoms with van der Waals surface area (Å²) in [5.41, 5.74) is 1.33. The van der Waals surface area contributed by atoms with Crippen LogP contribution in [0, 0.1) is 11.2 Å². The van der Waals surface area contributed by atoms with Crippen LogP contribution in [0.25, 0.3) is 17.3 Å². The molecule has 1 heterocycles. The van der Waals surface area contributed by atoms with Crippen molar-refractivity contribution in [3.63, 3.8) is 0 Å². The lowest BCUT2D eigenvalue weighted by atomic mass is 9.83. The summed E-state index contributed by atoms with van der Waals surface area (Å²) in [4.78, 5) is 28.4. The summed E-state index contributed by atoms with van der Waals surface area (Å²) in [6.45, 7) is 9.95. The molecule has 1 unspecified atom stereocenters. The average molecular weight is 580 g/mol. The van der Waals surface area contributed by atoms with Crippen molar-refractivity contribution in [1.82, 2.24) is 4.98 Å². The quantitative estimate of drug-likeness (QED) is 0.248. The monoisotopic (exact) mass is 578 g/mol. The molecule has 0 spiro atoms. The van der Waals surface area contributed by atoms with E-state index in [1.54, 1.807) is 23.6 Å². The number of ether oxygens (including phenoxy) is 1. The zero-order valence-corrected chi connectivity index (χ0v) is 24.0. The van der Waals surface area contributed by atoms with E-state index in [0.29, 0.717) is 29.0 Å². The van der Waals surface area contributed by atoms with Gasteiger partial charge in [0, 0.05) is 39.8 Å². The molecule has 0 fully saturated rings. The third-order valence-electron chi connectivity index (χ3n) is 5.63. The maximum atomic E-state index is 15.7. The van der Waals surface area contributed by atoms with E-state index in [1.807, 2.05) is 27.7 Å². The second kappa shape index (κ2) is 12.4. The van der Waals surface area contributed by atoms with Crippen LogP contribution < -0.4 is 5.32 Å². The van der Waals surface area contributed by atoms with E-state index in [2.05, 4.69) is 10.3 Å². The number of rotatable bonds is 9. The Hall–Kier alpha value is -2.78. The van der Waals surface area contributed by atoms with Crippen LogP contribution in [0.2, 0.25) is 10.0 Å². The van der Waals surface area contributed by atoms with Crippen molar-refractivity contribution >= 4 is 57.6 Å². The van der Waals surface area contributed by atoms with Crippen molar-refractivity contribution in [2.24, 2.45) is 5.41 Å². The molecule has 0 bridgehead atoms. The van der Waals surface area contributed by atoms with Gasteiger partial charge in [0.1, 0.15) is 5.82 Å². The van der Waals surface area contributed by atoms with Gasteiger partial charge >= 0.3 is 5.97 Å². The Labute approximate surface area is 235 Å². The number of aromatic nitrogens is 1. The summed E-state index contributed by atoms with van der Waals surface area (Å²) in [7, 11) is 0. The normalized spacial score (nSPS) is 12.9. The highest BCUT2D eigenvalue weighted by atomic mass is 35.5. The minimum absolute atomic E-state index is 0.0448. The minimum atomic E-state index is -1.11. The SMILES string of the molecule is CCCOC(c1cccc(-c2csc(NC(=O)c3cc(Cl)c(C=C(C)C(=O)O)c(Cl)c3)n2)c1F)C(C)(C)C. The molecule has 0 aliphatic heterocycles. The van der Waals surface area contributed by atoms with Gasteiger partial charge in [-0.3, -0.25) is 10.1 Å². The van der Waals surface area contributed by atoms with Crippen molar-refractivity contribution in [1.29, 1.82) is 0 Å². The first-order chi connectivity index (χ1) is 17.8. The van der Waals surface area contributed by atoms with Gasteiger partial charge in [-0.1, -0.05) is 63.0 Å². The van der Waals surface area contributed by atoms with Crippen molar-refractivity contribution in [2.75, 3.05) is 11.9 Å². The van der Waals surface area contributed by atoms with Crippen LogP contribution in [0.1, 0.15) is 68.6 Å². The number of anilines is 1. The molecular weight excluding hydrogens is 550 g/mol. The zero-order valence-electron chi connectivity index (χ0n) is 21.7. The molecule has 3 aromatic rings. The van der Waals surface area contributed by atoms with Gasteiger partial charge in [-0.15, -0.1) is 11.3 Å². The van der Waals surface area contributed by atoms with Gasteiger partial charge in [-0.2, -0.15) is 0 Å². The van der Waals surface area contributed by atoms with Crippen LogP contribution in [0.5, 0.6) is 0 Å². The molecule has 1 atom stereocenters. The second-order valence-electron chi connectivity index (χ2n) is 9.80. The number of hydrogen-bond donors (Lipinski definition) is 2. The molecule has 1 amide bonds. The zero-order chi connectivity index (χ0) is 28.2. The number of thiazole rings is 1. The lowest BCUT2D eigenvalue weighted by Gasteiger charge is -2.31. The van der Waals surface area contributed by atoms with E-state index in [0.717, 1.165) is 17.8 Å². The van der Waals surface area contributed by atoms with Crippen LogP contribution in [-0.4, -0.2) is 28.6 Å². The predicted molar refractivity (Wildman–Crippen MR) is 152 cm³/mol. The third kappa shape index (κ3) is 6.99. The molecule has 10 heteroatoms. The van der Waals surface area contributed by atoms with Gasteiger partial charge in [0.2, 0.25) is 0 Å². The Morgan fingerprint density at radius 3 is 2.47 bits per heavy atom. The molecule has 1 aromatic heterocycles. The van der Waals surface area contributed by atoms with Gasteiger partial charge in [-0.25, -0.2) is 14.2 Å². The highest BCUT2D eigenvalue weighted by Gasteiger charge is 2.30. The average Bonchev–Trinajstić information content (AvgIpc) is 3.29. The number of carbonyl (C=O) groups is 2. The molecule has 0 radical (unpaired) electrons. The van der Waals surface area contributed by atoms with E-state index in [9.17, 15) is 9.59 Å². The smallest absolute Gasteiger partial charge is 0.331 e. The van der Waals surface area contributed by atoms with Gasteiger partial charge in [0.05, 0.1) is 21.8 Å². The number of nitrogens with one attached hydrogen (secondary N) is 1. The molecule has 202 valence electrons. The molecule has 0 aliphatic carbocycles. The lowest BCUT2D eigenvalue weighted by molar-refractivity contribution is -0.132. The summed E-state index contributed by atoms with van der Waals surface area (Å²) >= 11 is 13.7. The molecule has 38 heavy (non-hydrogen) atoms. The molecule has 2 aromatic carbocycles. The molecule has 2 N–H and O–H groups in total. The van der Waals surface area contributed by atoms with Crippen molar-refractivity contribution < 1.29 is 23.8 Å². The molecular formula is C28H29Cl2FN2O4S. The number of aliphatic carboxylic acids is 1. The Bertz CT molecular complexity index is 1360. The maximum Gasteiger partial charge on any atom is 0.331 e. The number of amides is 1. The topological polar surface area (TPSA) is 88.5 Å². The van der Waals surface area contributed by atoms with E-state index in [4.69, 9.17) is 33.0 Å². The summed E-state index contributed by atoms with van der Waals surface area (Å²) < 4.78 is 21.7. The fraction of sp³-hybridized carbons (Fsp3) is 0.321. The molecule has 0 saturated carbocycles. The summed E-state index contributed by atoms with van der Waals surface area (Å²) in [6, 6.07) is 7.92. The molecule has 0 saturated heterocycles. The van der Waals surface area contributed by atoms with Crippen molar-refractivity contribution in [3.05, 3.63) is 73.8 Å². The fourth-order valence-corrected chi connectivity index (χ4v) is 5.05. The predicted octanol–water partition coefficient (Wildman–Crippen LogP) is 8.51. The summed E-state index contributed by atoms with van der Waals surface area (Å²) in [5, 5.41) is 14.0. The van der Waals surface area contributed by atoms with Crippen LogP contribution in [0.3, 0.4) is 0 Å². The molecule has 3 rings (SSSR count). The van der Waals surface area contributed by atoms with E-state index in [1.165, 1.54) is 25.1 Å². The van der Waals surface area contributed by atoms with Gasteiger partial charge in [0.15, 0.2) is 5.13 Å². The van der Waals surface area contributed by atoms with Crippen LogP contribution in [-0.2, 0) is 9.53 Å². The molecule has 6 nitrogen and oxygen atoms in total. The van der Waals surface area contributed by atoms with E-state index < -0.39 is 23.8 Å². The van der Waals surface area contributed by atoms with Gasteiger partial charge in [-0.05, 0) is 43.0 Å². The Morgan fingerprint density at radius 2 is 1.89 bits per heavy atom. The van der Waals surface area contributed by atoms with E-state index >= 15 is 4.39 Å². The third-order valence-corrected chi connectivity index (χ3v) is 7.01. The standard InChI is InChI=1S/C28H29Cl2FN2O4S/c1-6-10-37-24(28(3,4)5)18-9-7-8-17(23(18)31)22-14-38-27(32-22)33-25(34)16-12-20(29)19(21(30)13-16)11-15(2)26(35)36/h7-9,11-14,24H,6,10H2,1-5H3,(H,35,36)(H,32,33,34). The first-order valence-electron chi connectivity index (χ1n) is 11.9. The Morgan fingerprint density at radius 1 is 1.24 bits per heavy atom. The first-order valence-corrected chi connectivity index (χ1v) is 13.5. The number of carboxylic acid groups (broad SMARTS) is 1. The lowest BCUT2D eigenvalue weighted by Crippen LogP contribution is -2.23. The number of halogens is 3. The second-order valence-corrected chi connectivity index (χ2v) is 11.5. The number of carboxylic acids is 1. The van der Waals surface area contributed by atoms with Crippen LogP contribution in [0.4, 0.5) is 9.52 Å². The van der Waals surface area contributed by atoms with Crippen molar-refractivity contribution in [3.8, 4) is 11.3 Å².